The summed E-state index contributed by atoms with van der Waals surface area (Å²) in [6.45, 7) is 3.89. The van der Waals surface area contributed by atoms with Crippen molar-refractivity contribution in [3.63, 3.8) is 0 Å². The maximum atomic E-state index is 14.2. The number of carbonyl (C=O) groups is 1. The summed E-state index contributed by atoms with van der Waals surface area (Å²) in [5.74, 6) is -0.236. The van der Waals surface area contributed by atoms with Crippen LogP contribution in [0.5, 0.6) is 0 Å². The average Bonchev–Trinajstić information content (AvgIpc) is 2.98. The minimum atomic E-state index is -0.359. The lowest BCUT2D eigenvalue weighted by Crippen LogP contribution is -2.34. The molecule has 2 N–H and O–H groups in total. The SMILES string of the molecule is CC1(CCC2(C(=O)c3cc(F)c4[nH]ccc4c3)CCNC2)CC1. The molecule has 2 aliphatic rings. The molecule has 2 fully saturated rings. The fraction of sp³-hybridized carbons (Fsp3) is 0.526. The lowest BCUT2D eigenvalue weighted by Gasteiger charge is -2.28. The van der Waals surface area contributed by atoms with E-state index in [1.54, 1.807) is 6.20 Å². The number of halogens is 1. The van der Waals surface area contributed by atoms with Crippen molar-refractivity contribution < 1.29 is 9.18 Å². The predicted octanol–water partition coefficient (Wildman–Crippen LogP) is 4.05. The molecule has 1 aliphatic heterocycles. The van der Waals surface area contributed by atoms with E-state index in [9.17, 15) is 9.18 Å². The van der Waals surface area contributed by atoms with Crippen LogP contribution in [0.15, 0.2) is 24.4 Å². The minimum absolute atomic E-state index is 0.105. The Morgan fingerprint density at radius 3 is 2.78 bits per heavy atom. The number of rotatable bonds is 5. The molecule has 0 bridgehead atoms. The molecule has 23 heavy (non-hydrogen) atoms. The van der Waals surface area contributed by atoms with Gasteiger partial charge in [0.1, 0.15) is 5.82 Å². The Labute approximate surface area is 135 Å². The van der Waals surface area contributed by atoms with Crippen molar-refractivity contribution >= 4 is 16.7 Å². The van der Waals surface area contributed by atoms with Crippen molar-refractivity contribution in [3.05, 3.63) is 35.8 Å². The molecule has 1 unspecified atom stereocenters. The first kappa shape index (κ1) is 14.9. The summed E-state index contributed by atoms with van der Waals surface area (Å²) < 4.78 is 14.2. The highest BCUT2D eigenvalue weighted by Crippen LogP contribution is 2.51. The fourth-order valence-corrected chi connectivity index (χ4v) is 3.83. The molecule has 122 valence electrons. The van der Waals surface area contributed by atoms with Crippen LogP contribution in [-0.4, -0.2) is 23.9 Å². The van der Waals surface area contributed by atoms with Crippen LogP contribution < -0.4 is 5.32 Å². The topological polar surface area (TPSA) is 44.9 Å². The van der Waals surface area contributed by atoms with Crippen molar-refractivity contribution in [1.82, 2.24) is 10.3 Å². The predicted molar refractivity (Wildman–Crippen MR) is 89.1 cm³/mol. The van der Waals surface area contributed by atoms with Crippen LogP contribution in [0.25, 0.3) is 10.9 Å². The Bertz CT molecular complexity index is 754. The molecule has 1 saturated carbocycles. The summed E-state index contributed by atoms with van der Waals surface area (Å²) in [5, 5.41) is 4.11. The standard InChI is InChI=1S/C19H23FN2O/c1-18(3-4-18)5-6-19(7-9-21-12-19)17(23)14-10-13-2-8-22-16(13)15(20)11-14/h2,8,10-11,21-22H,3-7,9,12H2,1H3. The first-order valence-corrected chi connectivity index (χ1v) is 8.54. The molecule has 2 heterocycles. The van der Waals surface area contributed by atoms with E-state index in [0.29, 0.717) is 23.0 Å². The van der Waals surface area contributed by atoms with Crippen LogP contribution in [0.1, 0.15) is 49.4 Å². The zero-order chi connectivity index (χ0) is 16.1. The van der Waals surface area contributed by atoms with Crippen molar-refractivity contribution in [2.24, 2.45) is 10.8 Å². The van der Waals surface area contributed by atoms with Crippen molar-refractivity contribution in [2.75, 3.05) is 13.1 Å². The van der Waals surface area contributed by atoms with Gasteiger partial charge in [-0.15, -0.1) is 0 Å². The highest BCUT2D eigenvalue weighted by Gasteiger charge is 2.45. The van der Waals surface area contributed by atoms with E-state index in [2.05, 4.69) is 17.2 Å². The minimum Gasteiger partial charge on any atom is -0.359 e. The number of aromatic amines is 1. The summed E-state index contributed by atoms with van der Waals surface area (Å²) in [5.41, 5.74) is 1.07. The highest BCUT2D eigenvalue weighted by atomic mass is 19.1. The Kier molecular flexibility index (Phi) is 3.34. The van der Waals surface area contributed by atoms with E-state index < -0.39 is 0 Å². The summed E-state index contributed by atoms with van der Waals surface area (Å²) in [6.07, 6.45) is 7.11. The fourth-order valence-electron chi connectivity index (χ4n) is 3.83. The number of ketones is 1. The second kappa shape index (κ2) is 5.17. The number of benzene rings is 1. The van der Waals surface area contributed by atoms with Gasteiger partial charge in [-0.1, -0.05) is 6.92 Å². The summed E-state index contributed by atoms with van der Waals surface area (Å²) >= 11 is 0. The van der Waals surface area contributed by atoms with E-state index in [-0.39, 0.29) is 17.0 Å². The van der Waals surface area contributed by atoms with Gasteiger partial charge in [0.05, 0.1) is 5.52 Å². The average molecular weight is 314 g/mol. The van der Waals surface area contributed by atoms with Crippen LogP contribution in [-0.2, 0) is 0 Å². The largest absolute Gasteiger partial charge is 0.359 e. The maximum Gasteiger partial charge on any atom is 0.170 e. The molecule has 3 nitrogen and oxygen atoms in total. The molecule has 1 aliphatic carbocycles. The van der Waals surface area contributed by atoms with Crippen molar-refractivity contribution in [3.8, 4) is 0 Å². The molecule has 1 aromatic carbocycles. The number of hydrogen-bond donors (Lipinski definition) is 2. The lowest BCUT2D eigenvalue weighted by atomic mass is 9.74. The Morgan fingerprint density at radius 1 is 1.26 bits per heavy atom. The quantitative estimate of drug-likeness (QED) is 0.818. The first-order chi connectivity index (χ1) is 11.0. The van der Waals surface area contributed by atoms with Gasteiger partial charge in [-0.05, 0) is 62.3 Å². The van der Waals surface area contributed by atoms with Gasteiger partial charge >= 0.3 is 0 Å². The van der Waals surface area contributed by atoms with Crippen LogP contribution >= 0.6 is 0 Å². The van der Waals surface area contributed by atoms with Gasteiger partial charge in [0.25, 0.3) is 0 Å². The third-order valence-corrected chi connectivity index (χ3v) is 5.91. The Hall–Kier alpha value is -1.68. The van der Waals surface area contributed by atoms with Gasteiger partial charge in [0, 0.05) is 29.1 Å². The van der Waals surface area contributed by atoms with Crippen LogP contribution in [0.3, 0.4) is 0 Å². The monoisotopic (exact) mass is 314 g/mol. The van der Waals surface area contributed by atoms with Crippen molar-refractivity contribution in [1.29, 1.82) is 0 Å². The molecule has 2 aromatic rings. The third-order valence-electron chi connectivity index (χ3n) is 5.91. The Morgan fingerprint density at radius 2 is 2.09 bits per heavy atom. The second-order valence-electron chi connectivity index (χ2n) is 7.75. The van der Waals surface area contributed by atoms with E-state index in [1.807, 2.05) is 12.1 Å². The second-order valence-corrected chi connectivity index (χ2v) is 7.75. The van der Waals surface area contributed by atoms with E-state index in [4.69, 9.17) is 0 Å². The molecule has 4 heteroatoms. The van der Waals surface area contributed by atoms with Gasteiger partial charge < -0.3 is 10.3 Å². The third kappa shape index (κ3) is 2.59. The van der Waals surface area contributed by atoms with E-state index in [0.717, 1.165) is 31.2 Å². The molecule has 0 spiro atoms. The molecule has 1 aromatic heterocycles. The summed E-state index contributed by atoms with van der Waals surface area (Å²) in [7, 11) is 0. The zero-order valence-electron chi connectivity index (χ0n) is 13.5. The molecule has 1 saturated heterocycles. The number of carbonyl (C=O) groups excluding carboxylic acids is 1. The van der Waals surface area contributed by atoms with Gasteiger partial charge in [0.15, 0.2) is 5.78 Å². The number of H-pyrrole nitrogens is 1. The molecule has 1 atom stereocenters. The molecule has 4 rings (SSSR count). The normalized spacial score (nSPS) is 25.8. The first-order valence-electron chi connectivity index (χ1n) is 8.54. The molecule has 0 radical (unpaired) electrons. The maximum absolute atomic E-state index is 14.2. The van der Waals surface area contributed by atoms with Gasteiger partial charge in [0.2, 0.25) is 0 Å². The smallest absolute Gasteiger partial charge is 0.170 e. The number of aromatic nitrogens is 1. The van der Waals surface area contributed by atoms with Gasteiger partial charge in [-0.25, -0.2) is 4.39 Å². The molecular weight excluding hydrogens is 291 g/mol. The Balaban J connectivity index is 1.65. The number of nitrogens with one attached hydrogen (secondary N) is 2. The lowest BCUT2D eigenvalue weighted by molar-refractivity contribution is 0.0791. The van der Waals surface area contributed by atoms with Crippen LogP contribution in [0.4, 0.5) is 4.39 Å². The zero-order valence-corrected chi connectivity index (χ0v) is 13.5. The highest BCUT2D eigenvalue weighted by molar-refractivity contribution is 6.03. The summed E-state index contributed by atoms with van der Waals surface area (Å²) in [4.78, 5) is 16.1. The van der Waals surface area contributed by atoms with E-state index in [1.165, 1.54) is 18.9 Å². The number of Topliss-reactive ketones (excluding diaryl/α,β-unsaturated/α-hetero) is 1. The van der Waals surface area contributed by atoms with Crippen LogP contribution in [0, 0.1) is 16.6 Å². The number of fused-ring (bicyclic) bond motifs is 1. The van der Waals surface area contributed by atoms with E-state index >= 15 is 0 Å². The van der Waals surface area contributed by atoms with Gasteiger partial charge in [-0.2, -0.15) is 0 Å². The molecule has 0 amide bonds. The number of hydrogen-bond acceptors (Lipinski definition) is 2. The van der Waals surface area contributed by atoms with Crippen LogP contribution in [0.2, 0.25) is 0 Å². The summed E-state index contributed by atoms with van der Waals surface area (Å²) in [6, 6.07) is 5.05. The molecular formula is C19H23FN2O. The van der Waals surface area contributed by atoms with Crippen molar-refractivity contribution in [2.45, 2.75) is 39.0 Å². The van der Waals surface area contributed by atoms with Gasteiger partial charge in [-0.3, -0.25) is 4.79 Å².